The molecule has 2 aromatic rings. The number of carbonyl (C=O) groups excluding carboxylic acids is 4. The van der Waals surface area contributed by atoms with Gasteiger partial charge in [0.1, 0.15) is 41.7 Å². The molecule has 7 fully saturated rings. The molecule has 4 saturated carbocycles. The lowest BCUT2D eigenvalue weighted by Crippen LogP contribution is -2.59. The van der Waals surface area contributed by atoms with E-state index in [0.717, 1.165) is 99.3 Å². The second-order valence-corrected chi connectivity index (χ2v) is 23.1. The number of amides is 4. The second-order valence-electron chi connectivity index (χ2n) is 20.9. The smallest absolute Gasteiger partial charge is 0.408 e. The van der Waals surface area contributed by atoms with Crippen LogP contribution >= 0.6 is 0 Å². The number of hydrogen-bond acceptors (Lipinski definition) is 11. The summed E-state index contributed by atoms with van der Waals surface area (Å²) in [6.07, 6.45) is 14.9. The van der Waals surface area contributed by atoms with E-state index in [1.165, 1.54) is 17.7 Å². The summed E-state index contributed by atoms with van der Waals surface area (Å²) in [6.45, 7) is 5.48. The number of para-hydroxylation sites is 1. The number of alkyl carbamates (subject to hydrolysis) is 1. The number of piperidine rings is 1. The van der Waals surface area contributed by atoms with E-state index >= 15 is 4.79 Å². The van der Waals surface area contributed by atoms with Crippen LogP contribution in [0.1, 0.15) is 128 Å². The number of fused-ring (bicyclic) bond motifs is 7. The van der Waals surface area contributed by atoms with Crippen LogP contribution < -0.4 is 24.8 Å². The molecule has 3 saturated heterocycles. The SMILES string of the molecule is C=C[C@@H]1C[C@]1(NC(=O)[C@@H]1C[C@@H]2CN1C(=O)[C@H](C1CCCCC1)NC(=O)O[C@@H]1C[C@H]1CCCCCc1c(nc3ccccc3c1OC1CC3CCC(C1)N3C)O2)C(=O)NS(=O)(=O)C1(C)CC1. The van der Waals surface area contributed by atoms with Crippen molar-refractivity contribution in [1.82, 2.24) is 30.1 Å². The normalized spacial score (nSPS) is 34.9. The van der Waals surface area contributed by atoms with Gasteiger partial charge in [0.05, 0.1) is 22.4 Å². The minimum Gasteiger partial charge on any atom is -0.489 e. The Morgan fingerprint density at radius 3 is 2.35 bits per heavy atom. The van der Waals surface area contributed by atoms with Gasteiger partial charge in [-0.1, -0.05) is 50.3 Å². The summed E-state index contributed by atoms with van der Waals surface area (Å²) in [5.41, 5.74) is 0.0523. The van der Waals surface area contributed by atoms with E-state index in [4.69, 9.17) is 19.2 Å². The molecular formula is C49H66N6O9S. The van der Waals surface area contributed by atoms with E-state index < -0.39 is 68.2 Å². The van der Waals surface area contributed by atoms with Gasteiger partial charge in [0, 0.05) is 29.8 Å². The fourth-order valence-electron chi connectivity index (χ4n) is 11.8. The van der Waals surface area contributed by atoms with Crippen molar-refractivity contribution in [3.8, 4) is 11.6 Å². The molecule has 0 spiro atoms. The number of aromatic nitrogens is 1. The lowest BCUT2D eigenvalue weighted by Gasteiger charge is -2.36. The molecular weight excluding hydrogens is 849 g/mol. The lowest BCUT2D eigenvalue weighted by molar-refractivity contribution is -0.142. The van der Waals surface area contributed by atoms with E-state index in [2.05, 4.69) is 39.9 Å². The molecule has 5 heterocycles. The fraction of sp³-hybridized carbons (Fsp3) is 0.694. The molecule has 0 radical (unpaired) electrons. The van der Waals surface area contributed by atoms with Gasteiger partial charge in [-0.15, -0.1) is 6.58 Å². The molecule has 4 aliphatic heterocycles. The van der Waals surface area contributed by atoms with E-state index in [-0.39, 0.29) is 43.4 Å². The Balaban J connectivity index is 0.998. The lowest BCUT2D eigenvalue weighted by atomic mass is 9.83. The monoisotopic (exact) mass is 914 g/mol. The number of hydrogen-bond donors (Lipinski definition) is 3. The maximum Gasteiger partial charge on any atom is 0.408 e. The summed E-state index contributed by atoms with van der Waals surface area (Å²) >= 11 is 0. The average Bonchev–Trinajstić information content (AvgIpc) is 4.25. The van der Waals surface area contributed by atoms with E-state index in [1.54, 1.807) is 13.0 Å². The summed E-state index contributed by atoms with van der Waals surface area (Å²) < 4.78 is 47.8. The molecule has 2 unspecified atom stereocenters. The largest absolute Gasteiger partial charge is 0.489 e. The third-order valence-corrected chi connectivity index (χ3v) is 18.7. The number of carbonyl (C=O) groups is 4. The van der Waals surface area contributed by atoms with E-state index in [9.17, 15) is 22.8 Å². The Hall–Kier alpha value is -4.44. The molecule has 4 amide bonds. The number of nitrogens with zero attached hydrogens (tertiary/aromatic N) is 3. The Kier molecular flexibility index (Phi) is 11.8. The number of nitrogens with one attached hydrogen (secondary N) is 3. The molecule has 4 bridgehead atoms. The van der Waals surface area contributed by atoms with Gasteiger partial charge in [0.15, 0.2) is 0 Å². The zero-order valence-electron chi connectivity index (χ0n) is 37.9. The molecule has 10 rings (SSSR count). The number of pyridine rings is 1. The van der Waals surface area contributed by atoms with Crippen LogP contribution in [0.5, 0.6) is 11.6 Å². The number of benzene rings is 1. The van der Waals surface area contributed by atoms with Crippen LogP contribution in [0.3, 0.4) is 0 Å². The summed E-state index contributed by atoms with van der Waals surface area (Å²) in [6, 6.07) is 6.87. The Morgan fingerprint density at radius 1 is 0.938 bits per heavy atom. The highest BCUT2D eigenvalue weighted by molar-refractivity contribution is 7.91. The summed E-state index contributed by atoms with van der Waals surface area (Å²) in [5, 5.41) is 6.83. The van der Waals surface area contributed by atoms with Crippen molar-refractivity contribution in [1.29, 1.82) is 0 Å². The Morgan fingerprint density at radius 2 is 1.65 bits per heavy atom. The minimum absolute atomic E-state index is 0.0147. The van der Waals surface area contributed by atoms with Crippen LogP contribution in [0.15, 0.2) is 36.9 Å². The summed E-state index contributed by atoms with van der Waals surface area (Å²) in [7, 11) is -1.78. The predicted molar refractivity (Wildman–Crippen MR) is 242 cm³/mol. The Labute approximate surface area is 382 Å². The molecule has 3 N–H and O–H groups in total. The van der Waals surface area contributed by atoms with Gasteiger partial charge in [-0.25, -0.2) is 18.2 Å². The second kappa shape index (κ2) is 17.3. The van der Waals surface area contributed by atoms with Crippen molar-refractivity contribution < 1.29 is 41.8 Å². The zero-order valence-corrected chi connectivity index (χ0v) is 38.8. The molecule has 15 nitrogen and oxygen atoms in total. The number of ether oxygens (including phenoxy) is 3. The first-order valence-corrected chi connectivity index (χ1v) is 26.0. The van der Waals surface area contributed by atoms with Crippen molar-refractivity contribution in [2.75, 3.05) is 13.6 Å². The molecule has 9 atom stereocenters. The molecule has 352 valence electrons. The van der Waals surface area contributed by atoms with Gasteiger partial charge in [-0.3, -0.25) is 19.1 Å². The minimum atomic E-state index is -4.01. The van der Waals surface area contributed by atoms with Crippen LogP contribution in [0.4, 0.5) is 4.79 Å². The fourth-order valence-corrected chi connectivity index (χ4v) is 13.1. The van der Waals surface area contributed by atoms with Gasteiger partial charge in [0.25, 0.3) is 5.91 Å². The molecule has 1 aromatic heterocycles. The van der Waals surface area contributed by atoms with Gasteiger partial charge in [-0.2, -0.15) is 0 Å². The van der Waals surface area contributed by atoms with Crippen LogP contribution in [-0.4, -0.2) is 113 Å². The average molecular weight is 915 g/mol. The standard InChI is InChI=1S/C49H66N6O9S/c1-4-31-27-49(31,46(58)53-65(60,61)48(2)21-22-48)52-43(56)39-26-35-28-55(39)45(57)41(29-13-7-5-8-14-29)51-47(59)64-40-23-30(40)15-9-6-10-17-37-42(36-16-11-12-18-38(36)50-44(37)63-35)62-34-24-32-19-20-33(25-34)54(32)3/h4,11-12,16,18,29-35,39-41H,1,5-10,13-15,17,19-28H2,2-3H3,(H,51,59)(H,52,56)(H,53,58)/t30-,31-,32?,33?,34?,35-,39+,40-,41+,49-/m1/s1. The molecule has 8 aliphatic rings. The first kappa shape index (κ1) is 44.4. The quantitative estimate of drug-likeness (QED) is 0.258. The maximum absolute atomic E-state index is 15.2. The first-order valence-electron chi connectivity index (χ1n) is 24.5. The van der Waals surface area contributed by atoms with Gasteiger partial charge in [0.2, 0.25) is 27.7 Å². The third-order valence-electron chi connectivity index (χ3n) is 16.5. The molecule has 65 heavy (non-hydrogen) atoms. The third kappa shape index (κ3) is 8.71. The van der Waals surface area contributed by atoms with Crippen LogP contribution in [0, 0.1) is 17.8 Å². The van der Waals surface area contributed by atoms with Crippen LogP contribution in [0.25, 0.3) is 10.9 Å². The van der Waals surface area contributed by atoms with Crippen molar-refractivity contribution in [2.45, 2.75) is 182 Å². The topological polar surface area (TPSA) is 186 Å². The zero-order chi connectivity index (χ0) is 45.3. The Bertz CT molecular complexity index is 2320. The first-order chi connectivity index (χ1) is 31.3. The van der Waals surface area contributed by atoms with E-state index in [0.29, 0.717) is 37.2 Å². The molecule has 4 aliphatic carbocycles. The van der Waals surface area contributed by atoms with Gasteiger partial charge in [-0.05, 0) is 121 Å². The van der Waals surface area contributed by atoms with Crippen molar-refractivity contribution in [3.63, 3.8) is 0 Å². The predicted octanol–water partition coefficient (Wildman–Crippen LogP) is 5.83. The highest BCUT2D eigenvalue weighted by atomic mass is 32.2. The highest BCUT2D eigenvalue weighted by Gasteiger charge is 2.63. The van der Waals surface area contributed by atoms with Crippen LogP contribution in [0.2, 0.25) is 0 Å². The molecule has 16 heteroatoms. The van der Waals surface area contributed by atoms with Crippen molar-refractivity contribution in [3.05, 3.63) is 42.5 Å². The molecule has 1 aromatic carbocycles. The van der Waals surface area contributed by atoms with Crippen LogP contribution in [-0.2, 0) is 35.6 Å². The van der Waals surface area contributed by atoms with E-state index in [1.807, 2.05) is 18.2 Å². The van der Waals surface area contributed by atoms with Gasteiger partial charge < -0.3 is 34.6 Å². The highest BCUT2D eigenvalue weighted by Crippen LogP contribution is 2.48. The summed E-state index contributed by atoms with van der Waals surface area (Å²) in [4.78, 5) is 66.7. The number of sulfonamides is 1. The maximum atomic E-state index is 15.2. The summed E-state index contributed by atoms with van der Waals surface area (Å²) in [5.74, 6) is -1.05. The number of rotatable bonds is 9. The van der Waals surface area contributed by atoms with Crippen molar-refractivity contribution >= 4 is 44.7 Å². The van der Waals surface area contributed by atoms with Gasteiger partial charge >= 0.3 is 6.09 Å². The van der Waals surface area contributed by atoms with Crippen molar-refractivity contribution in [2.24, 2.45) is 17.8 Å².